The Kier molecular flexibility index (Phi) is 3.12. The van der Waals surface area contributed by atoms with Crippen LogP contribution in [0.4, 0.5) is 0 Å². The van der Waals surface area contributed by atoms with Crippen molar-refractivity contribution in [3.63, 3.8) is 0 Å². The zero-order valence-corrected chi connectivity index (χ0v) is 11.7. The van der Waals surface area contributed by atoms with Crippen LogP contribution in [0.3, 0.4) is 0 Å². The normalized spacial score (nSPS) is 39.0. The number of carbonyl (C=O) groups excluding carboxylic acids is 3. The number of aldehydes is 1. The average Bonchev–Trinajstić information content (AvgIpc) is 2.75. The second kappa shape index (κ2) is 4.58. The highest BCUT2D eigenvalue weighted by atomic mass is 16.7. The number of carbonyl (C=O) groups is 3. The number of quaternary nitrogens is 1. The van der Waals surface area contributed by atoms with Crippen LogP contribution in [-0.2, 0) is 23.7 Å². The van der Waals surface area contributed by atoms with E-state index >= 15 is 0 Å². The van der Waals surface area contributed by atoms with Crippen LogP contribution in [0.1, 0.15) is 32.1 Å². The van der Waals surface area contributed by atoms with Crippen molar-refractivity contribution in [2.75, 3.05) is 20.1 Å². The molecule has 110 valence electrons. The molecule has 0 bridgehead atoms. The minimum absolute atomic E-state index is 0.109. The summed E-state index contributed by atoms with van der Waals surface area (Å²) in [7, 11) is 1.79. The molecule has 3 aliphatic rings. The van der Waals surface area contributed by atoms with Gasteiger partial charge in [-0.05, 0) is 5.92 Å². The Balaban J connectivity index is 1.96. The van der Waals surface area contributed by atoms with E-state index in [0.717, 1.165) is 32.0 Å². The van der Waals surface area contributed by atoms with Gasteiger partial charge >= 0.3 is 18.6 Å². The Morgan fingerprint density at radius 3 is 2.20 bits per heavy atom. The van der Waals surface area contributed by atoms with Crippen molar-refractivity contribution in [2.45, 2.75) is 37.9 Å². The van der Waals surface area contributed by atoms with Gasteiger partial charge in [0.15, 0.2) is 0 Å². The van der Waals surface area contributed by atoms with Gasteiger partial charge in [0.05, 0.1) is 0 Å². The van der Waals surface area contributed by atoms with Gasteiger partial charge in [-0.2, -0.15) is 0 Å². The van der Waals surface area contributed by atoms with Crippen LogP contribution < -0.4 is 0 Å². The molecule has 1 saturated carbocycles. The minimum Gasteiger partial charge on any atom is -0.600 e. The van der Waals surface area contributed by atoms with Crippen LogP contribution in [0.2, 0.25) is 5.82 Å². The van der Waals surface area contributed by atoms with Crippen molar-refractivity contribution in [3.05, 3.63) is 0 Å². The molecule has 2 aliphatic heterocycles. The number of likely N-dealkylation sites (N-methyl/N-ethyl adjacent to an activating group) is 1. The highest BCUT2D eigenvalue weighted by Crippen LogP contribution is 2.47. The SMILES string of the molecule is C[N+]12CC(=O)O[B-]1([C@@H](C=O)C1CCCCC1)OC(=O)C2. The first-order valence-corrected chi connectivity index (χ1v) is 7.39. The molecular weight excluding hydrogens is 261 g/mol. The van der Waals surface area contributed by atoms with Crippen molar-refractivity contribution >= 4 is 24.9 Å². The summed E-state index contributed by atoms with van der Waals surface area (Å²) in [5.41, 5.74) is 0. The topological polar surface area (TPSA) is 69.7 Å². The van der Waals surface area contributed by atoms with Crippen LogP contribution in [0.5, 0.6) is 0 Å². The van der Waals surface area contributed by atoms with Crippen LogP contribution >= 0.6 is 0 Å². The van der Waals surface area contributed by atoms with Crippen LogP contribution in [-0.4, -0.2) is 49.4 Å². The molecule has 2 saturated heterocycles. The fourth-order valence-electron chi connectivity index (χ4n) is 4.28. The van der Waals surface area contributed by atoms with Gasteiger partial charge in [0.2, 0.25) is 0 Å². The van der Waals surface area contributed by atoms with E-state index < -0.39 is 12.5 Å². The Morgan fingerprint density at radius 2 is 1.70 bits per heavy atom. The molecule has 0 radical (unpaired) electrons. The molecule has 0 amide bonds. The third-order valence-electron chi connectivity index (χ3n) is 5.29. The Labute approximate surface area is 118 Å². The molecule has 6 nitrogen and oxygen atoms in total. The number of hydrogen-bond acceptors (Lipinski definition) is 5. The molecule has 0 N–H and O–H groups in total. The minimum atomic E-state index is -2.22. The van der Waals surface area contributed by atoms with Crippen molar-refractivity contribution in [1.29, 1.82) is 0 Å². The molecule has 7 heteroatoms. The Hall–Kier alpha value is -1.37. The molecule has 2 heterocycles. The van der Waals surface area contributed by atoms with Crippen LogP contribution in [0.25, 0.3) is 0 Å². The summed E-state index contributed by atoms with van der Waals surface area (Å²) in [6, 6.07) is 0. The van der Waals surface area contributed by atoms with Gasteiger partial charge in [0.25, 0.3) is 0 Å². The maximum absolute atomic E-state index is 11.7. The summed E-state index contributed by atoms with van der Waals surface area (Å²) >= 11 is 0. The first kappa shape index (κ1) is 13.6. The number of rotatable bonds is 3. The summed E-state index contributed by atoms with van der Waals surface area (Å²) in [4.78, 5) is 35.2. The summed E-state index contributed by atoms with van der Waals surface area (Å²) in [5.74, 6) is -1.10. The monoisotopic (exact) mass is 281 g/mol. The van der Waals surface area contributed by atoms with E-state index in [0.29, 0.717) is 0 Å². The molecule has 3 fully saturated rings. The Morgan fingerprint density at radius 1 is 1.15 bits per heavy atom. The van der Waals surface area contributed by atoms with Crippen molar-refractivity contribution < 1.29 is 28.1 Å². The van der Waals surface area contributed by atoms with Crippen molar-refractivity contribution in [3.8, 4) is 0 Å². The third-order valence-corrected chi connectivity index (χ3v) is 5.29. The average molecular weight is 281 g/mol. The lowest BCUT2D eigenvalue weighted by atomic mass is 9.50. The maximum Gasteiger partial charge on any atom is 0.594 e. The first-order valence-electron chi connectivity index (χ1n) is 7.39. The molecular formula is C13H20BNO5. The zero-order valence-electron chi connectivity index (χ0n) is 11.7. The molecule has 0 unspecified atom stereocenters. The lowest BCUT2D eigenvalue weighted by Crippen LogP contribution is -2.64. The lowest BCUT2D eigenvalue weighted by Gasteiger charge is -2.45. The quantitative estimate of drug-likeness (QED) is 0.560. The highest BCUT2D eigenvalue weighted by Gasteiger charge is 2.70. The number of nitrogens with zero attached hydrogens (tertiary/aromatic N) is 1. The third kappa shape index (κ3) is 1.79. The van der Waals surface area contributed by atoms with Crippen LogP contribution in [0.15, 0.2) is 0 Å². The predicted octanol–water partition coefficient (Wildman–Crippen LogP) is 0.635. The van der Waals surface area contributed by atoms with E-state index in [4.69, 9.17) is 9.31 Å². The van der Waals surface area contributed by atoms with Gasteiger partial charge in [-0.3, -0.25) is 9.59 Å². The fraction of sp³-hybridized carbons (Fsp3) is 0.769. The second-order valence-corrected chi connectivity index (χ2v) is 6.62. The van der Waals surface area contributed by atoms with E-state index in [1.807, 2.05) is 0 Å². The molecule has 0 aromatic carbocycles. The van der Waals surface area contributed by atoms with E-state index in [-0.39, 0.29) is 35.3 Å². The van der Waals surface area contributed by atoms with Gasteiger partial charge < -0.3 is 18.5 Å². The summed E-state index contributed by atoms with van der Waals surface area (Å²) in [5, 5.41) is 0. The largest absolute Gasteiger partial charge is 0.600 e. The zero-order chi connectivity index (χ0) is 14.4. The molecule has 0 aromatic heterocycles. The van der Waals surface area contributed by atoms with Gasteiger partial charge in [-0.25, -0.2) is 0 Å². The number of fused-ring (bicyclic) bond motifs is 1. The molecule has 1 atom stereocenters. The van der Waals surface area contributed by atoms with E-state index in [1.165, 1.54) is 6.42 Å². The lowest BCUT2D eigenvalue weighted by molar-refractivity contribution is -0.794. The summed E-state index contributed by atoms with van der Waals surface area (Å²) in [6.07, 6.45) is 6.04. The van der Waals surface area contributed by atoms with E-state index in [1.54, 1.807) is 7.05 Å². The van der Waals surface area contributed by atoms with Crippen molar-refractivity contribution in [1.82, 2.24) is 0 Å². The van der Waals surface area contributed by atoms with E-state index in [9.17, 15) is 14.4 Å². The molecule has 3 rings (SSSR count). The van der Waals surface area contributed by atoms with E-state index in [2.05, 4.69) is 0 Å². The van der Waals surface area contributed by atoms with Gasteiger partial charge in [-0.1, -0.05) is 32.1 Å². The smallest absolute Gasteiger partial charge is 0.594 e. The first-order chi connectivity index (χ1) is 9.51. The molecule has 1 aliphatic carbocycles. The van der Waals surface area contributed by atoms with Crippen molar-refractivity contribution in [2.24, 2.45) is 5.92 Å². The maximum atomic E-state index is 11.7. The fourth-order valence-corrected chi connectivity index (χ4v) is 4.28. The predicted molar refractivity (Wildman–Crippen MR) is 70.2 cm³/mol. The summed E-state index contributed by atoms with van der Waals surface area (Å²) in [6.45, 7) is -1.99. The van der Waals surface area contributed by atoms with Gasteiger partial charge in [-0.15, -0.1) is 0 Å². The summed E-state index contributed by atoms with van der Waals surface area (Å²) < 4.78 is 11.1. The Bertz CT molecular complexity index is 440. The molecule has 20 heavy (non-hydrogen) atoms. The standard InChI is InChI=1S/C13H20BNO5/c1-15-7-12(17)19-14(15,20-13(18)8-15)11(9-16)10-5-3-2-4-6-10/h9-11H,2-8H2,1H3/t11-,14?,15?/m0/s1. The molecule has 0 spiro atoms. The van der Waals surface area contributed by atoms with Gasteiger partial charge in [0, 0.05) is 12.9 Å². The van der Waals surface area contributed by atoms with Crippen LogP contribution in [0, 0.1) is 5.92 Å². The number of hydrogen-bond donors (Lipinski definition) is 0. The highest BCUT2D eigenvalue weighted by molar-refractivity contribution is 6.70. The molecule has 0 aromatic rings. The van der Waals surface area contributed by atoms with Gasteiger partial charge in [0.1, 0.15) is 19.4 Å². The second-order valence-electron chi connectivity index (χ2n) is 6.62.